The van der Waals surface area contributed by atoms with E-state index in [4.69, 9.17) is 9.47 Å². The van der Waals surface area contributed by atoms with Gasteiger partial charge in [0.2, 0.25) is 0 Å². The van der Waals surface area contributed by atoms with Crippen molar-refractivity contribution in [2.24, 2.45) is 11.8 Å². The van der Waals surface area contributed by atoms with Crippen molar-refractivity contribution in [2.45, 2.75) is 27.7 Å². The molecule has 1 rings (SSSR count). The van der Waals surface area contributed by atoms with Gasteiger partial charge in [0.25, 0.3) is 5.56 Å². The SMILES string of the molecule is CC(C)COC(=O)c1cc(OCC(C)C)[nH]c(=O)c1. The molecule has 1 heterocycles. The summed E-state index contributed by atoms with van der Waals surface area (Å²) >= 11 is 0. The van der Waals surface area contributed by atoms with Crippen molar-refractivity contribution in [3.63, 3.8) is 0 Å². The van der Waals surface area contributed by atoms with Crippen LogP contribution in [-0.2, 0) is 4.74 Å². The largest absolute Gasteiger partial charge is 0.479 e. The zero-order valence-corrected chi connectivity index (χ0v) is 11.9. The molecule has 0 fully saturated rings. The van der Waals surface area contributed by atoms with Crippen molar-refractivity contribution < 1.29 is 14.3 Å². The summed E-state index contributed by atoms with van der Waals surface area (Å²) in [6.45, 7) is 8.69. The van der Waals surface area contributed by atoms with Crippen LogP contribution in [0.5, 0.6) is 5.88 Å². The molecule has 1 aromatic rings. The molecule has 0 radical (unpaired) electrons. The number of H-pyrrole nitrogens is 1. The summed E-state index contributed by atoms with van der Waals surface area (Å²) in [5.74, 6) is 0.370. The Balaban J connectivity index is 2.78. The van der Waals surface area contributed by atoms with Crippen LogP contribution < -0.4 is 10.3 Å². The Morgan fingerprint density at radius 3 is 2.37 bits per heavy atom. The topological polar surface area (TPSA) is 68.4 Å². The molecule has 0 aromatic carbocycles. The Labute approximate surface area is 112 Å². The van der Waals surface area contributed by atoms with Crippen LogP contribution in [0.2, 0.25) is 0 Å². The Morgan fingerprint density at radius 2 is 1.79 bits per heavy atom. The van der Waals surface area contributed by atoms with Crippen LogP contribution in [0, 0.1) is 11.8 Å². The van der Waals surface area contributed by atoms with E-state index >= 15 is 0 Å². The normalized spacial score (nSPS) is 10.8. The van der Waals surface area contributed by atoms with Gasteiger partial charge >= 0.3 is 5.97 Å². The molecule has 5 nitrogen and oxygen atoms in total. The van der Waals surface area contributed by atoms with Gasteiger partial charge in [0.15, 0.2) is 5.88 Å². The molecule has 5 heteroatoms. The number of carbonyl (C=O) groups excluding carboxylic acids is 1. The van der Waals surface area contributed by atoms with Gasteiger partial charge in [-0.3, -0.25) is 9.78 Å². The first-order chi connectivity index (χ1) is 8.88. The fraction of sp³-hybridized carbons (Fsp3) is 0.571. The van der Waals surface area contributed by atoms with Gasteiger partial charge in [-0.15, -0.1) is 0 Å². The minimum Gasteiger partial charge on any atom is -0.479 e. The smallest absolute Gasteiger partial charge is 0.338 e. The zero-order chi connectivity index (χ0) is 14.4. The predicted molar refractivity (Wildman–Crippen MR) is 72.5 cm³/mol. The summed E-state index contributed by atoms with van der Waals surface area (Å²) in [4.78, 5) is 25.8. The summed E-state index contributed by atoms with van der Waals surface area (Å²) < 4.78 is 10.5. The van der Waals surface area contributed by atoms with E-state index in [2.05, 4.69) is 4.98 Å². The number of aromatic amines is 1. The molecule has 0 spiro atoms. The van der Waals surface area contributed by atoms with Crippen LogP contribution in [-0.4, -0.2) is 24.2 Å². The second-order valence-corrected chi connectivity index (χ2v) is 5.29. The lowest BCUT2D eigenvalue weighted by Gasteiger charge is -2.10. The fourth-order valence-electron chi connectivity index (χ4n) is 1.30. The number of nitrogens with one attached hydrogen (secondary N) is 1. The number of hydrogen-bond acceptors (Lipinski definition) is 4. The van der Waals surface area contributed by atoms with Crippen molar-refractivity contribution in [3.8, 4) is 5.88 Å². The molecule has 0 aliphatic carbocycles. The van der Waals surface area contributed by atoms with E-state index in [0.717, 1.165) is 0 Å². The first-order valence-electron chi connectivity index (χ1n) is 6.42. The van der Waals surface area contributed by atoms with Gasteiger partial charge < -0.3 is 9.47 Å². The van der Waals surface area contributed by atoms with Crippen LogP contribution in [0.1, 0.15) is 38.1 Å². The van der Waals surface area contributed by atoms with E-state index < -0.39 is 5.97 Å². The first-order valence-corrected chi connectivity index (χ1v) is 6.42. The molecule has 0 amide bonds. The second-order valence-electron chi connectivity index (χ2n) is 5.29. The Kier molecular flexibility index (Phi) is 5.60. The molecular weight excluding hydrogens is 246 g/mol. The van der Waals surface area contributed by atoms with Gasteiger partial charge in [-0.2, -0.15) is 0 Å². The van der Waals surface area contributed by atoms with Gasteiger partial charge in [0.05, 0.1) is 18.8 Å². The maximum absolute atomic E-state index is 11.8. The second kappa shape index (κ2) is 6.97. The van der Waals surface area contributed by atoms with Gasteiger partial charge in [-0.05, 0) is 11.8 Å². The average molecular weight is 267 g/mol. The molecule has 0 atom stereocenters. The average Bonchev–Trinajstić information content (AvgIpc) is 2.32. The van der Waals surface area contributed by atoms with Crippen LogP contribution in [0.3, 0.4) is 0 Å². The van der Waals surface area contributed by atoms with E-state index in [1.54, 1.807) is 0 Å². The third-order valence-corrected chi connectivity index (χ3v) is 2.18. The number of aromatic nitrogens is 1. The van der Waals surface area contributed by atoms with Gasteiger partial charge in [0.1, 0.15) is 0 Å². The van der Waals surface area contributed by atoms with Crippen molar-refractivity contribution in [1.29, 1.82) is 0 Å². The summed E-state index contributed by atoms with van der Waals surface area (Å²) in [6, 6.07) is 2.71. The number of esters is 1. The molecule has 0 aliphatic heterocycles. The fourth-order valence-corrected chi connectivity index (χ4v) is 1.30. The number of hydrogen-bond donors (Lipinski definition) is 1. The molecular formula is C14H21NO4. The molecule has 0 saturated heterocycles. The van der Waals surface area contributed by atoms with E-state index in [9.17, 15) is 9.59 Å². The number of rotatable bonds is 6. The Morgan fingerprint density at radius 1 is 1.16 bits per heavy atom. The van der Waals surface area contributed by atoms with Crippen molar-refractivity contribution in [3.05, 3.63) is 28.0 Å². The number of ether oxygens (including phenoxy) is 2. The zero-order valence-electron chi connectivity index (χ0n) is 11.9. The standard InChI is InChI=1S/C14H21NO4/c1-9(2)7-18-13-6-11(5-12(16)15-13)14(17)19-8-10(3)4/h5-6,9-10H,7-8H2,1-4H3,(H,15,16). The molecule has 0 saturated carbocycles. The van der Waals surface area contributed by atoms with Crippen molar-refractivity contribution >= 4 is 5.97 Å². The quantitative estimate of drug-likeness (QED) is 0.802. The Bertz CT molecular complexity index is 477. The number of pyridine rings is 1. The predicted octanol–water partition coefficient (Wildman–Crippen LogP) is 2.22. The van der Waals surface area contributed by atoms with Crippen LogP contribution in [0.25, 0.3) is 0 Å². The Hall–Kier alpha value is -1.78. The highest BCUT2D eigenvalue weighted by atomic mass is 16.5. The van der Waals surface area contributed by atoms with E-state index in [-0.39, 0.29) is 22.9 Å². The summed E-state index contributed by atoms with van der Waals surface area (Å²) in [7, 11) is 0. The third kappa shape index (κ3) is 5.59. The highest BCUT2D eigenvalue weighted by Gasteiger charge is 2.11. The highest BCUT2D eigenvalue weighted by molar-refractivity contribution is 5.89. The molecule has 19 heavy (non-hydrogen) atoms. The summed E-state index contributed by atoms with van der Waals surface area (Å²) in [5, 5.41) is 0. The van der Waals surface area contributed by atoms with E-state index in [1.807, 2.05) is 27.7 Å². The molecule has 0 aliphatic rings. The lowest BCUT2D eigenvalue weighted by atomic mass is 10.2. The van der Waals surface area contributed by atoms with Crippen molar-refractivity contribution in [1.82, 2.24) is 4.98 Å². The van der Waals surface area contributed by atoms with E-state index in [1.165, 1.54) is 12.1 Å². The lowest BCUT2D eigenvalue weighted by molar-refractivity contribution is 0.0458. The molecule has 1 aromatic heterocycles. The summed E-state index contributed by atoms with van der Waals surface area (Å²) in [5.41, 5.74) is -0.166. The molecule has 0 bridgehead atoms. The molecule has 0 unspecified atom stereocenters. The van der Waals surface area contributed by atoms with Gasteiger partial charge in [-0.1, -0.05) is 27.7 Å². The maximum Gasteiger partial charge on any atom is 0.338 e. The van der Waals surface area contributed by atoms with Crippen LogP contribution in [0.4, 0.5) is 0 Å². The molecule has 106 valence electrons. The van der Waals surface area contributed by atoms with Crippen LogP contribution in [0.15, 0.2) is 16.9 Å². The minimum atomic E-state index is -0.505. The summed E-state index contributed by atoms with van der Waals surface area (Å²) in [6.07, 6.45) is 0. The highest BCUT2D eigenvalue weighted by Crippen LogP contribution is 2.10. The van der Waals surface area contributed by atoms with Gasteiger partial charge in [-0.25, -0.2) is 4.79 Å². The number of carbonyl (C=O) groups is 1. The van der Waals surface area contributed by atoms with Crippen LogP contribution >= 0.6 is 0 Å². The maximum atomic E-state index is 11.8. The third-order valence-electron chi connectivity index (χ3n) is 2.18. The van der Waals surface area contributed by atoms with Crippen molar-refractivity contribution in [2.75, 3.05) is 13.2 Å². The van der Waals surface area contributed by atoms with Gasteiger partial charge in [0, 0.05) is 12.1 Å². The van der Waals surface area contributed by atoms with E-state index in [0.29, 0.717) is 19.1 Å². The lowest BCUT2D eigenvalue weighted by Crippen LogP contribution is -2.16. The minimum absolute atomic E-state index is 0.211. The molecule has 1 N–H and O–H groups in total. The first kappa shape index (κ1) is 15.3. The monoisotopic (exact) mass is 267 g/mol.